The first-order valence-electron chi connectivity index (χ1n) is 7.36. The summed E-state index contributed by atoms with van der Waals surface area (Å²) in [5, 5.41) is 10.4. The van der Waals surface area contributed by atoms with Crippen molar-refractivity contribution < 1.29 is 9.84 Å². The molecular formula is C19H24O2. The average molecular weight is 284 g/mol. The molecule has 0 aromatic heterocycles. The van der Waals surface area contributed by atoms with Crippen molar-refractivity contribution >= 4 is 0 Å². The van der Waals surface area contributed by atoms with Gasteiger partial charge in [0.15, 0.2) is 0 Å². The van der Waals surface area contributed by atoms with E-state index in [-0.39, 0.29) is 0 Å². The zero-order valence-electron chi connectivity index (χ0n) is 13.3. The number of rotatable bonds is 5. The molecule has 2 nitrogen and oxygen atoms in total. The van der Waals surface area contributed by atoms with E-state index in [1.54, 1.807) is 7.11 Å². The molecule has 0 spiro atoms. The highest BCUT2D eigenvalue weighted by Gasteiger charge is 2.11. The first-order valence-corrected chi connectivity index (χ1v) is 7.36. The van der Waals surface area contributed by atoms with Gasteiger partial charge in [-0.25, -0.2) is 0 Å². The SMILES string of the molecule is COc1ccc(C)cc1CC(O)Cc1cc(C)cc(C)c1. The molecule has 2 heteroatoms. The zero-order valence-corrected chi connectivity index (χ0v) is 13.3. The lowest BCUT2D eigenvalue weighted by Gasteiger charge is -2.15. The lowest BCUT2D eigenvalue weighted by molar-refractivity contribution is 0.174. The van der Waals surface area contributed by atoms with Gasteiger partial charge in [0.25, 0.3) is 0 Å². The van der Waals surface area contributed by atoms with Crippen molar-refractivity contribution in [2.45, 2.75) is 39.7 Å². The van der Waals surface area contributed by atoms with Crippen LogP contribution in [0.3, 0.4) is 0 Å². The van der Waals surface area contributed by atoms with Crippen LogP contribution in [0.15, 0.2) is 36.4 Å². The van der Waals surface area contributed by atoms with Gasteiger partial charge >= 0.3 is 0 Å². The normalized spacial score (nSPS) is 12.2. The van der Waals surface area contributed by atoms with Crippen molar-refractivity contribution in [2.24, 2.45) is 0 Å². The second kappa shape index (κ2) is 6.77. The molecule has 0 fully saturated rings. The predicted molar refractivity (Wildman–Crippen MR) is 87.1 cm³/mol. The van der Waals surface area contributed by atoms with Crippen LogP contribution in [0, 0.1) is 20.8 Å². The van der Waals surface area contributed by atoms with Gasteiger partial charge in [-0.05, 0) is 44.4 Å². The van der Waals surface area contributed by atoms with Crippen molar-refractivity contribution in [1.82, 2.24) is 0 Å². The van der Waals surface area contributed by atoms with E-state index in [0.29, 0.717) is 12.8 Å². The molecule has 1 unspecified atom stereocenters. The summed E-state index contributed by atoms with van der Waals surface area (Å²) in [7, 11) is 1.67. The quantitative estimate of drug-likeness (QED) is 0.905. The second-order valence-corrected chi connectivity index (χ2v) is 5.87. The predicted octanol–water partition coefficient (Wildman–Crippen LogP) is 3.77. The Morgan fingerprint density at radius 2 is 1.57 bits per heavy atom. The molecule has 0 radical (unpaired) electrons. The maximum atomic E-state index is 10.4. The first-order chi connectivity index (χ1) is 9.97. The Labute approximate surface area is 127 Å². The van der Waals surface area contributed by atoms with Crippen LogP contribution < -0.4 is 4.74 Å². The molecule has 0 aliphatic rings. The second-order valence-electron chi connectivity index (χ2n) is 5.87. The summed E-state index contributed by atoms with van der Waals surface area (Å²) in [5.41, 5.74) is 5.92. The fourth-order valence-corrected chi connectivity index (χ4v) is 2.85. The Balaban J connectivity index is 2.11. The molecule has 0 aliphatic carbocycles. The molecule has 112 valence electrons. The summed E-state index contributed by atoms with van der Waals surface area (Å²) in [5.74, 6) is 0.847. The summed E-state index contributed by atoms with van der Waals surface area (Å²) in [4.78, 5) is 0. The van der Waals surface area contributed by atoms with Crippen molar-refractivity contribution in [3.8, 4) is 5.75 Å². The first kappa shape index (κ1) is 15.6. The van der Waals surface area contributed by atoms with Crippen LogP contribution >= 0.6 is 0 Å². The fraction of sp³-hybridized carbons (Fsp3) is 0.368. The van der Waals surface area contributed by atoms with Crippen LogP contribution in [-0.2, 0) is 12.8 Å². The maximum Gasteiger partial charge on any atom is 0.122 e. The van der Waals surface area contributed by atoms with Gasteiger partial charge in [0.1, 0.15) is 5.75 Å². The van der Waals surface area contributed by atoms with Crippen molar-refractivity contribution in [3.05, 3.63) is 64.2 Å². The van der Waals surface area contributed by atoms with E-state index in [2.05, 4.69) is 45.0 Å². The number of hydrogen-bond acceptors (Lipinski definition) is 2. The summed E-state index contributed by atoms with van der Waals surface area (Å²) in [6.07, 6.45) is 0.874. The lowest BCUT2D eigenvalue weighted by Crippen LogP contribution is -2.15. The van der Waals surface area contributed by atoms with Crippen molar-refractivity contribution in [3.63, 3.8) is 0 Å². The van der Waals surface area contributed by atoms with Gasteiger partial charge in [0.2, 0.25) is 0 Å². The van der Waals surface area contributed by atoms with Gasteiger partial charge < -0.3 is 9.84 Å². The number of benzene rings is 2. The minimum atomic E-state index is -0.401. The number of aryl methyl sites for hydroxylation is 3. The largest absolute Gasteiger partial charge is 0.496 e. The van der Waals surface area contributed by atoms with Crippen LogP contribution in [0.1, 0.15) is 27.8 Å². The number of hydrogen-bond donors (Lipinski definition) is 1. The molecule has 0 bridgehead atoms. The molecule has 0 heterocycles. The Kier molecular flexibility index (Phi) is 5.03. The Morgan fingerprint density at radius 3 is 2.19 bits per heavy atom. The highest BCUT2D eigenvalue weighted by Crippen LogP contribution is 2.22. The molecule has 2 aromatic carbocycles. The highest BCUT2D eigenvalue weighted by molar-refractivity contribution is 5.37. The number of ether oxygens (including phenoxy) is 1. The minimum absolute atomic E-state index is 0.401. The van der Waals surface area contributed by atoms with Crippen LogP contribution in [0.25, 0.3) is 0 Å². The van der Waals surface area contributed by atoms with Gasteiger partial charge in [-0.2, -0.15) is 0 Å². The van der Waals surface area contributed by atoms with Crippen molar-refractivity contribution in [2.75, 3.05) is 7.11 Å². The molecule has 0 aliphatic heterocycles. The van der Waals surface area contributed by atoms with E-state index in [0.717, 1.165) is 11.3 Å². The summed E-state index contributed by atoms with van der Waals surface area (Å²) in [6, 6.07) is 12.5. The molecule has 2 aromatic rings. The van der Waals surface area contributed by atoms with E-state index in [1.165, 1.54) is 22.3 Å². The molecule has 1 atom stereocenters. The molecule has 0 saturated heterocycles. The van der Waals surface area contributed by atoms with E-state index < -0.39 is 6.10 Å². The van der Waals surface area contributed by atoms with Crippen LogP contribution in [-0.4, -0.2) is 18.3 Å². The minimum Gasteiger partial charge on any atom is -0.496 e. The number of aliphatic hydroxyl groups is 1. The summed E-state index contributed by atoms with van der Waals surface area (Å²) >= 11 is 0. The van der Waals surface area contributed by atoms with Gasteiger partial charge in [0, 0.05) is 6.42 Å². The fourth-order valence-electron chi connectivity index (χ4n) is 2.85. The molecule has 0 saturated carbocycles. The summed E-state index contributed by atoms with van der Waals surface area (Å²) in [6.45, 7) is 6.23. The molecule has 21 heavy (non-hydrogen) atoms. The smallest absolute Gasteiger partial charge is 0.122 e. The van der Waals surface area contributed by atoms with Crippen LogP contribution in [0.5, 0.6) is 5.75 Å². The lowest BCUT2D eigenvalue weighted by atomic mass is 9.97. The third-order valence-electron chi connectivity index (χ3n) is 3.64. The standard InChI is InChI=1S/C19H24O2/c1-13-5-6-19(21-4)17(10-13)12-18(20)11-16-8-14(2)7-15(3)9-16/h5-10,18,20H,11-12H2,1-4H3. The Bertz CT molecular complexity index is 597. The van der Waals surface area contributed by atoms with Crippen LogP contribution in [0.4, 0.5) is 0 Å². The Morgan fingerprint density at radius 1 is 0.905 bits per heavy atom. The van der Waals surface area contributed by atoms with E-state index in [4.69, 9.17) is 4.74 Å². The number of aliphatic hydroxyl groups excluding tert-OH is 1. The molecule has 2 rings (SSSR count). The number of methoxy groups -OCH3 is 1. The third kappa shape index (κ3) is 4.33. The van der Waals surface area contributed by atoms with Gasteiger partial charge in [-0.15, -0.1) is 0 Å². The van der Waals surface area contributed by atoms with Crippen molar-refractivity contribution in [1.29, 1.82) is 0 Å². The third-order valence-corrected chi connectivity index (χ3v) is 3.64. The molecule has 1 N–H and O–H groups in total. The van der Waals surface area contributed by atoms with E-state index in [9.17, 15) is 5.11 Å². The van der Waals surface area contributed by atoms with Gasteiger partial charge in [-0.1, -0.05) is 47.0 Å². The van der Waals surface area contributed by atoms with Gasteiger partial charge in [0.05, 0.1) is 13.2 Å². The average Bonchev–Trinajstić information content (AvgIpc) is 2.37. The van der Waals surface area contributed by atoms with Gasteiger partial charge in [-0.3, -0.25) is 0 Å². The monoisotopic (exact) mass is 284 g/mol. The zero-order chi connectivity index (χ0) is 15.4. The summed E-state index contributed by atoms with van der Waals surface area (Å²) < 4.78 is 5.38. The van der Waals surface area contributed by atoms with E-state index >= 15 is 0 Å². The molecule has 0 amide bonds. The topological polar surface area (TPSA) is 29.5 Å². The highest BCUT2D eigenvalue weighted by atomic mass is 16.5. The van der Waals surface area contributed by atoms with Crippen LogP contribution in [0.2, 0.25) is 0 Å². The molecular weight excluding hydrogens is 260 g/mol. The van der Waals surface area contributed by atoms with E-state index in [1.807, 2.05) is 12.1 Å². The maximum absolute atomic E-state index is 10.4. The Hall–Kier alpha value is -1.80.